The number of carbonyl (C=O) groups is 2. The summed E-state index contributed by atoms with van der Waals surface area (Å²) in [7, 11) is 3.55. The smallest absolute Gasteiger partial charge is 0.274 e. The summed E-state index contributed by atoms with van der Waals surface area (Å²) in [6.45, 7) is 1.87. The molecule has 1 aromatic rings. The molecule has 2 aliphatic heterocycles. The Hall–Kier alpha value is -1.89. The van der Waals surface area contributed by atoms with Crippen molar-refractivity contribution in [1.82, 2.24) is 20.0 Å². The number of hydrogen-bond donors (Lipinski definition) is 1. The van der Waals surface area contributed by atoms with Gasteiger partial charge in [0.1, 0.15) is 0 Å². The molecular formula is C18H26N4O3. The van der Waals surface area contributed by atoms with Gasteiger partial charge in [-0.3, -0.25) is 14.7 Å². The maximum atomic E-state index is 12.9. The lowest BCUT2D eigenvalue weighted by Crippen LogP contribution is -2.57. The van der Waals surface area contributed by atoms with E-state index in [2.05, 4.69) is 10.2 Å². The Morgan fingerprint density at radius 3 is 2.80 bits per heavy atom. The zero-order chi connectivity index (χ0) is 17.6. The molecule has 1 aliphatic carbocycles. The van der Waals surface area contributed by atoms with Crippen LogP contribution < -0.4 is 0 Å². The summed E-state index contributed by atoms with van der Waals surface area (Å²) in [4.78, 5) is 29.3. The summed E-state index contributed by atoms with van der Waals surface area (Å²) in [5.41, 5.74) is 2.42. The highest BCUT2D eigenvalue weighted by Crippen LogP contribution is 2.41. The molecule has 2 saturated heterocycles. The molecule has 3 aliphatic rings. The number of aromatic amines is 1. The second-order valence-electron chi connectivity index (χ2n) is 7.70. The van der Waals surface area contributed by atoms with E-state index in [0.29, 0.717) is 38.2 Å². The van der Waals surface area contributed by atoms with Gasteiger partial charge in [0.15, 0.2) is 5.69 Å². The van der Waals surface area contributed by atoms with E-state index in [0.717, 1.165) is 36.9 Å². The second kappa shape index (κ2) is 6.12. The van der Waals surface area contributed by atoms with Crippen molar-refractivity contribution in [3.8, 4) is 0 Å². The molecule has 0 saturated carbocycles. The lowest BCUT2D eigenvalue weighted by atomic mass is 9.71. The highest BCUT2D eigenvalue weighted by molar-refractivity contribution is 5.94. The fourth-order valence-corrected chi connectivity index (χ4v) is 4.74. The monoisotopic (exact) mass is 346 g/mol. The van der Waals surface area contributed by atoms with E-state index in [4.69, 9.17) is 4.74 Å². The van der Waals surface area contributed by atoms with Crippen molar-refractivity contribution in [3.05, 3.63) is 17.0 Å². The molecule has 25 heavy (non-hydrogen) atoms. The van der Waals surface area contributed by atoms with Gasteiger partial charge in [0.2, 0.25) is 5.91 Å². The zero-order valence-electron chi connectivity index (χ0n) is 15.0. The first-order valence-electron chi connectivity index (χ1n) is 9.18. The standard InChI is InChI=1S/C18H26N4O3/c1-21-11-12(25-2)10-18(17(21)24)6-8-22(9-7-18)16(23)15-13-4-3-5-14(13)19-20-15/h12H,3-11H2,1-2H3,(H,19,20). The highest BCUT2D eigenvalue weighted by atomic mass is 16.5. The van der Waals surface area contributed by atoms with Gasteiger partial charge in [-0.2, -0.15) is 5.10 Å². The van der Waals surface area contributed by atoms with Crippen molar-refractivity contribution < 1.29 is 14.3 Å². The van der Waals surface area contributed by atoms with E-state index >= 15 is 0 Å². The number of nitrogens with one attached hydrogen (secondary N) is 1. The van der Waals surface area contributed by atoms with E-state index in [1.54, 1.807) is 12.0 Å². The molecule has 7 nitrogen and oxygen atoms in total. The molecule has 2 amide bonds. The van der Waals surface area contributed by atoms with E-state index in [-0.39, 0.29) is 23.3 Å². The Morgan fingerprint density at radius 1 is 1.32 bits per heavy atom. The molecule has 0 aromatic carbocycles. The Kier molecular flexibility index (Phi) is 4.06. The number of rotatable bonds is 2. The first-order valence-corrected chi connectivity index (χ1v) is 9.18. The van der Waals surface area contributed by atoms with E-state index < -0.39 is 0 Å². The number of aromatic nitrogens is 2. The predicted octanol–water partition coefficient (Wildman–Crippen LogP) is 0.998. The number of methoxy groups -OCH3 is 1. The van der Waals surface area contributed by atoms with Gasteiger partial charge in [0.05, 0.1) is 11.5 Å². The van der Waals surface area contributed by atoms with E-state index in [1.807, 2.05) is 11.9 Å². The van der Waals surface area contributed by atoms with Crippen LogP contribution in [-0.4, -0.2) is 71.7 Å². The first kappa shape index (κ1) is 16.6. The summed E-state index contributed by atoms with van der Waals surface area (Å²) < 4.78 is 5.53. The SMILES string of the molecule is COC1CN(C)C(=O)C2(CCN(C(=O)c3n[nH]c4c3CCC4)CC2)C1. The molecule has 0 radical (unpaired) electrons. The van der Waals surface area contributed by atoms with Crippen LogP contribution in [0.25, 0.3) is 0 Å². The van der Waals surface area contributed by atoms with Crippen LogP contribution in [0.3, 0.4) is 0 Å². The minimum absolute atomic E-state index is 0.00848. The Balaban J connectivity index is 1.47. The molecule has 1 aromatic heterocycles. The first-order chi connectivity index (χ1) is 12.0. The molecule has 3 heterocycles. The molecule has 136 valence electrons. The summed E-state index contributed by atoms with van der Waals surface area (Å²) >= 11 is 0. The number of aryl methyl sites for hydroxylation is 1. The van der Waals surface area contributed by atoms with Gasteiger partial charge < -0.3 is 14.5 Å². The zero-order valence-corrected chi connectivity index (χ0v) is 15.0. The minimum atomic E-state index is -0.377. The largest absolute Gasteiger partial charge is 0.380 e. The van der Waals surface area contributed by atoms with E-state index in [9.17, 15) is 9.59 Å². The summed E-state index contributed by atoms with van der Waals surface area (Å²) in [6, 6.07) is 0. The Bertz CT molecular complexity index is 690. The van der Waals surface area contributed by atoms with Crippen LogP contribution in [0.5, 0.6) is 0 Å². The molecule has 2 fully saturated rings. The van der Waals surface area contributed by atoms with Gasteiger partial charge in [0, 0.05) is 45.0 Å². The van der Waals surface area contributed by atoms with Gasteiger partial charge in [-0.15, -0.1) is 0 Å². The summed E-state index contributed by atoms with van der Waals surface area (Å²) in [6.07, 6.45) is 5.25. The highest BCUT2D eigenvalue weighted by Gasteiger charge is 2.48. The summed E-state index contributed by atoms with van der Waals surface area (Å²) in [5, 5.41) is 7.27. The molecule has 1 unspecified atom stereocenters. The molecule has 1 N–H and O–H groups in total. The van der Waals surface area contributed by atoms with Crippen LogP contribution >= 0.6 is 0 Å². The van der Waals surface area contributed by atoms with Crippen molar-refractivity contribution in [3.63, 3.8) is 0 Å². The van der Waals surface area contributed by atoms with Crippen LogP contribution in [0, 0.1) is 5.41 Å². The molecule has 1 atom stereocenters. The number of nitrogens with zero attached hydrogens (tertiary/aromatic N) is 3. The van der Waals surface area contributed by atoms with Crippen molar-refractivity contribution in [1.29, 1.82) is 0 Å². The fourth-order valence-electron chi connectivity index (χ4n) is 4.74. The molecule has 1 spiro atoms. The predicted molar refractivity (Wildman–Crippen MR) is 91.2 cm³/mol. The maximum Gasteiger partial charge on any atom is 0.274 e. The third kappa shape index (κ3) is 2.65. The van der Waals surface area contributed by atoms with Crippen molar-refractivity contribution >= 4 is 11.8 Å². The van der Waals surface area contributed by atoms with Gasteiger partial charge in [-0.25, -0.2) is 0 Å². The van der Waals surface area contributed by atoms with Crippen molar-refractivity contribution in [2.45, 2.75) is 44.6 Å². The van der Waals surface area contributed by atoms with Crippen molar-refractivity contribution in [2.24, 2.45) is 5.41 Å². The Morgan fingerprint density at radius 2 is 2.08 bits per heavy atom. The van der Waals surface area contributed by atoms with E-state index in [1.165, 1.54) is 0 Å². The average Bonchev–Trinajstić information content (AvgIpc) is 3.23. The molecule has 4 rings (SSSR count). The van der Waals surface area contributed by atoms with Gasteiger partial charge in [-0.1, -0.05) is 0 Å². The average molecular weight is 346 g/mol. The molecule has 7 heteroatoms. The van der Waals surface area contributed by atoms with Crippen LogP contribution in [0.4, 0.5) is 0 Å². The minimum Gasteiger partial charge on any atom is -0.380 e. The number of fused-ring (bicyclic) bond motifs is 1. The third-order valence-electron chi connectivity index (χ3n) is 6.25. The van der Waals surface area contributed by atoms with Gasteiger partial charge in [-0.05, 0) is 38.5 Å². The van der Waals surface area contributed by atoms with Crippen LogP contribution in [0.1, 0.15) is 47.4 Å². The number of amides is 2. The number of likely N-dealkylation sites (tertiary alicyclic amines) is 2. The van der Waals surface area contributed by atoms with Crippen LogP contribution in [0.2, 0.25) is 0 Å². The van der Waals surface area contributed by atoms with Crippen LogP contribution in [0.15, 0.2) is 0 Å². The molecular weight excluding hydrogens is 320 g/mol. The normalized spacial score (nSPS) is 25.5. The van der Waals surface area contributed by atoms with Gasteiger partial charge >= 0.3 is 0 Å². The Labute approximate surface area is 147 Å². The number of H-pyrrole nitrogens is 1. The lowest BCUT2D eigenvalue weighted by molar-refractivity contribution is -0.155. The molecule has 0 bridgehead atoms. The topological polar surface area (TPSA) is 78.5 Å². The van der Waals surface area contributed by atoms with Crippen molar-refractivity contribution in [2.75, 3.05) is 33.8 Å². The number of hydrogen-bond acceptors (Lipinski definition) is 4. The maximum absolute atomic E-state index is 12.9. The fraction of sp³-hybridized carbons (Fsp3) is 0.722. The quantitative estimate of drug-likeness (QED) is 0.866. The third-order valence-corrected chi connectivity index (χ3v) is 6.25. The number of piperidine rings is 2. The second-order valence-corrected chi connectivity index (χ2v) is 7.70. The number of likely N-dealkylation sites (N-methyl/N-ethyl adjacent to an activating group) is 1. The lowest BCUT2D eigenvalue weighted by Gasteiger charge is -2.47. The van der Waals surface area contributed by atoms with Gasteiger partial charge in [0.25, 0.3) is 5.91 Å². The number of carbonyl (C=O) groups excluding carboxylic acids is 2. The van der Waals surface area contributed by atoms with Crippen LogP contribution in [-0.2, 0) is 22.4 Å². The number of ether oxygens (including phenoxy) is 1. The summed E-state index contributed by atoms with van der Waals surface area (Å²) in [5.74, 6) is 0.211.